The first kappa shape index (κ1) is 12.3. The minimum Gasteiger partial charge on any atom is -0.372 e. The van der Waals surface area contributed by atoms with Crippen LogP contribution in [0, 0.1) is 0 Å². The van der Waals surface area contributed by atoms with Crippen LogP contribution in [0.25, 0.3) is 0 Å². The van der Waals surface area contributed by atoms with Gasteiger partial charge in [0.25, 0.3) is 0 Å². The Morgan fingerprint density at radius 1 is 1.42 bits per heavy atom. The third-order valence-corrected chi connectivity index (χ3v) is 3.41. The molecule has 0 amide bonds. The molecule has 6 heteroatoms. The lowest BCUT2D eigenvalue weighted by molar-refractivity contribution is 0.134. The third kappa shape index (κ3) is 2.51. The Morgan fingerprint density at radius 3 is 3.00 bits per heavy atom. The van der Waals surface area contributed by atoms with Crippen molar-refractivity contribution in [1.82, 2.24) is 20.4 Å². The molecule has 19 heavy (non-hydrogen) atoms. The fourth-order valence-corrected chi connectivity index (χ4v) is 2.38. The fourth-order valence-electron chi connectivity index (χ4n) is 2.38. The summed E-state index contributed by atoms with van der Waals surface area (Å²) in [6.45, 7) is 1.39. The first-order valence-electron chi connectivity index (χ1n) is 6.27. The number of aromatic nitrogens is 3. The van der Waals surface area contributed by atoms with Gasteiger partial charge in [0.2, 0.25) is 0 Å². The second-order valence-electron chi connectivity index (χ2n) is 4.83. The lowest BCUT2D eigenvalue weighted by atomic mass is 9.98. The summed E-state index contributed by atoms with van der Waals surface area (Å²) in [7, 11) is 1.86. The average molecular weight is 259 g/mol. The predicted molar refractivity (Wildman–Crippen MR) is 69.7 cm³/mol. The number of benzene rings is 1. The summed E-state index contributed by atoms with van der Waals surface area (Å²) in [5.41, 5.74) is 7.43. The van der Waals surface area contributed by atoms with Crippen LogP contribution in [-0.2, 0) is 31.4 Å². The number of aryl methyl sites for hydroxylation is 1. The maximum Gasteiger partial charge on any atom is 0.0846 e. The molecule has 1 aromatic carbocycles. The summed E-state index contributed by atoms with van der Waals surface area (Å²) in [5.74, 6) is 5.67. The Hall–Kier alpha value is -1.76. The second kappa shape index (κ2) is 5.08. The number of fused-ring (bicyclic) bond motifs is 1. The van der Waals surface area contributed by atoms with Crippen LogP contribution in [0.5, 0.6) is 0 Å². The maximum absolute atomic E-state index is 5.67. The number of rotatable bonds is 4. The summed E-state index contributed by atoms with van der Waals surface area (Å²) < 4.78 is 7.12. The molecule has 3 rings (SSSR count). The number of hydrogen-bond donors (Lipinski definition) is 2. The molecule has 0 saturated carbocycles. The topological polar surface area (TPSA) is 78.0 Å². The minimum absolute atomic E-state index is 0.0302. The summed E-state index contributed by atoms with van der Waals surface area (Å²) in [5, 5.41) is 8.03. The van der Waals surface area contributed by atoms with Gasteiger partial charge in [-0.1, -0.05) is 23.4 Å². The average Bonchev–Trinajstić information content (AvgIpc) is 3.03. The van der Waals surface area contributed by atoms with Crippen LogP contribution in [0.2, 0.25) is 0 Å². The number of hydrazine groups is 1. The standard InChI is InChI=1S/C13H17N5O/c1-18-6-12(16-17-18)5-13(15-14)9-2-3-10-7-19-8-11(10)4-9/h2-4,6,13,15H,5,7-8,14H2,1H3. The Balaban J connectivity index is 1.82. The molecule has 3 N–H and O–H groups in total. The van der Waals surface area contributed by atoms with Crippen molar-refractivity contribution >= 4 is 0 Å². The van der Waals surface area contributed by atoms with Gasteiger partial charge in [0.1, 0.15) is 0 Å². The Bertz CT molecular complexity index is 580. The lowest BCUT2D eigenvalue weighted by Crippen LogP contribution is -2.29. The number of ether oxygens (including phenoxy) is 1. The summed E-state index contributed by atoms with van der Waals surface area (Å²) in [4.78, 5) is 0. The highest BCUT2D eigenvalue weighted by Gasteiger charge is 2.17. The predicted octanol–water partition coefficient (Wildman–Crippen LogP) is 0.592. The molecule has 0 bridgehead atoms. The van der Waals surface area contributed by atoms with Crippen LogP contribution in [0.4, 0.5) is 0 Å². The van der Waals surface area contributed by atoms with E-state index >= 15 is 0 Å². The van der Waals surface area contributed by atoms with Gasteiger partial charge in [0, 0.05) is 19.7 Å². The van der Waals surface area contributed by atoms with Crippen molar-refractivity contribution in [3.63, 3.8) is 0 Å². The van der Waals surface area contributed by atoms with Gasteiger partial charge in [-0.25, -0.2) is 0 Å². The number of hydrogen-bond acceptors (Lipinski definition) is 5. The van der Waals surface area contributed by atoms with Crippen LogP contribution in [0.3, 0.4) is 0 Å². The van der Waals surface area contributed by atoms with E-state index in [0.29, 0.717) is 19.6 Å². The molecule has 2 heterocycles. The zero-order valence-electron chi connectivity index (χ0n) is 10.8. The molecule has 1 aliphatic heterocycles. The van der Waals surface area contributed by atoms with Gasteiger partial charge in [-0.2, -0.15) is 0 Å². The highest BCUT2D eigenvalue weighted by atomic mass is 16.5. The molecule has 1 aliphatic rings. The van der Waals surface area contributed by atoms with Crippen molar-refractivity contribution < 1.29 is 4.74 Å². The largest absolute Gasteiger partial charge is 0.372 e. The van der Waals surface area contributed by atoms with E-state index in [1.54, 1.807) is 4.68 Å². The van der Waals surface area contributed by atoms with Crippen molar-refractivity contribution in [2.45, 2.75) is 25.7 Å². The van der Waals surface area contributed by atoms with E-state index in [0.717, 1.165) is 11.3 Å². The molecule has 1 atom stereocenters. The molecule has 0 spiro atoms. The van der Waals surface area contributed by atoms with E-state index in [2.05, 4.69) is 33.9 Å². The summed E-state index contributed by atoms with van der Waals surface area (Å²) in [6, 6.07) is 6.39. The first-order valence-corrected chi connectivity index (χ1v) is 6.27. The Morgan fingerprint density at radius 2 is 2.26 bits per heavy atom. The molecule has 0 aliphatic carbocycles. The van der Waals surface area contributed by atoms with Crippen molar-refractivity contribution in [2.75, 3.05) is 0 Å². The normalized spacial score (nSPS) is 15.5. The van der Waals surface area contributed by atoms with E-state index < -0.39 is 0 Å². The van der Waals surface area contributed by atoms with Crippen molar-refractivity contribution in [3.8, 4) is 0 Å². The molecule has 6 nitrogen and oxygen atoms in total. The zero-order valence-corrected chi connectivity index (χ0v) is 10.8. The van der Waals surface area contributed by atoms with Crippen molar-refractivity contribution in [3.05, 3.63) is 46.8 Å². The van der Waals surface area contributed by atoms with Gasteiger partial charge < -0.3 is 4.74 Å². The lowest BCUT2D eigenvalue weighted by Gasteiger charge is -2.15. The van der Waals surface area contributed by atoms with Crippen LogP contribution in [0.15, 0.2) is 24.4 Å². The maximum atomic E-state index is 5.67. The second-order valence-corrected chi connectivity index (χ2v) is 4.83. The van der Waals surface area contributed by atoms with Crippen LogP contribution in [0.1, 0.15) is 28.4 Å². The molecule has 0 radical (unpaired) electrons. The minimum atomic E-state index is 0.0302. The molecule has 1 aromatic heterocycles. The van der Waals surface area contributed by atoms with Gasteiger partial charge in [-0.05, 0) is 16.7 Å². The highest BCUT2D eigenvalue weighted by molar-refractivity contribution is 5.35. The van der Waals surface area contributed by atoms with Crippen LogP contribution >= 0.6 is 0 Å². The molecular weight excluding hydrogens is 242 g/mol. The van der Waals surface area contributed by atoms with Crippen molar-refractivity contribution in [1.29, 1.82) is 0 Å². The van der Waals surface area contributed by atoms with Crippen LogP contribution in [-0.4, -0.2) is 15.0 Å². The Kier molecular flexibility index (Phi) is 3.29. The van der Waals surface area contributed by atoms with Crippen molar-refractivity contribution in [2.24, 2.45) is 12.9 Å². The number of nitrogens with two attached hydrogens (primary N) is 1. The van der Waals surface area contributed by atoms with Gasteiger partial charge in [-0.15, -0.1) is 5.10 Å². The van der Waals surface area contributed by atoms with E-state index in [4.69, 9.17) is 10.6 Å². The summed E-state index contributed by atoms with van der Waals surface area (Å²) in [6.07, 6.45) is 2.62. The zero-order chi connectivity index (χ0) is 13.2. The molecule has 2 aromatic rings. The quantitative estimate of drug-likeness (QED) is 0.621. The van der Waals surface area contributed by atoms with Gasteiger partial charge in [-0.3, -0.25) is 16.0 Å². The third-order valence-electron chi connectivity index (χ3n) is 3.41. The van der Waals surface area contributed by atoms with E-state index in [9.17, 15) is 0 Å². The number of nitrogens with zero attached hydrogens (tertiary/aromatic N) is 3. The highest BCUT2D eigenvalue weighted by Crippen LogP contribution is 2.25. The molecular formula is C13H17N5O. The molecule has 1 unspecified atom stereocenters. The van der Waals surface area contributed by atoms with Crippen LogP contribution < -0.4 is 11.3 Å². The summed E-state index contributed by atoms with van der Waals surface area (Å²) >= 11 is 0. The van der Waals surface area contributed by atoms with Gasteiger partial charge in [0.15, 0.2) is 0 Å². The monoisotopic (exact) mass is 259 g/mol. The van der Waals surface area contributed by atoms with E-state index in [-0.39, 0.29) is 6.04 Å². The first-order chi connectivity index (χ1) is 9.26. The molecule has 0 saturated heterocycles. The van der Waals surface area contributed by atoms with E-state index in [1.165, 1.54) is 11.1 Å². The SMILES string of the molecule is Cn1cc(CC(NN)c2ccc3c(c2)COC3)nn1. The number of nitrogens with one attached hydrogen (secondary N) is 1. The van der Waals surface area contributed by atoms with Gasteiger partial charge >= 0.3 is 0 Å². The Labute approximate surface area is 111 Å². The fraction of sp³-hybridized carbons (Fsp3) is 0.385. The smallest absolute Gasteiger partial charge is 0.0846 e. The van der Waals surface area contributed by atoms with Gasteiger partial charge in [0.05, 0.1) is 24.9 Å². The molecule has 0 fully saturated rings. The van der Waals surface area contributed by atoms with E-state index in [1.807, 2.05) is 13.2 Å². The molecule has 100 valence electrons.